The number of nitrogens with zero attached hydrogens (tertiary/aromatic N) is 1. The zero-order valence-electron chi connectivity index (χ0n) is 18.4. The first-order chi connectivity index (χ1) is 16.2. The van der Waals surface area contributed by atoms with Crippen molar-refractivity contribution in [1.82, 2.24) is 0 Å². The Kier molecular flexibility index (Phi) is 3.97. The SMILES string of the molecule is CC12C=CC=CC1N(c1cccc(-c3ccccc3)c1)c1ccc3c(sc4ccccc43)c12. The molecule has 0 bridgehead atoms. The number of fused-ring (bicyclic) bond motifs is 7. The molecule has 0 radical (unpaired) electrons. The third-order valence-electron chi connectivity index (χ3n) is 7.29. The number of rotatable bonds is 2. The molecule has 1 aromatic heterocycles. The van der Waals surface area contributed by atoms with E-state index in [-0.39, 0.29) is 11.5 Å². The van der Waals surface area contributed by atoms with Crippen LogP contribution in [0.15, 0.2) is 115 Å². The summed E-state index contributed by atoms with van der Waals surface area (Å²) in [5.41, 5.74) is 6.45. The van der Waals surface area contributed by atoms with Crippen LogP contribution in [0.2, 0.25) is 0 Å². The molecule has 0 saturated carbocycles. The summed E-state index contributed by atoms with van der Waals surface area (Å²) in [7, 11) is 0. The second-order valence-corrected chi connectivity index (χ2v) is 10.2. The molecule has 0 saturated heterocycles. The molecule has 158 valence electrons. The molecule has 0 N–H and O–H groups in total. The fraction of sp³-hybridized carbons (Fsp3) is 0.0968. The smallest absolute Gasteiger partial charge is 0.0655 e. The number of benzene rings is 4. The van der Waals surface area contributed by atoms with Crippen LogP contribution in [0.25, 0.3) is 31.3 Å². The van der Waals surface area contributed by atoms with E-state index in [0.717, 1.165) is 0 Å². The molecule has 1 nitrogen and oxygen atoms in total. The van der Waals surface area contributed by atoms with Crippen molar-refractivity contribution < 1.29 is 0 Å². The van der Waals surface area contributed by atoms with Crippen molar-refractivity contribution in [1.29, 1.82) is 0 Å². The number of hydrogen-bond donors (Lipinski definition) is 0. The molecular weight excluding hydrogens is 418 g/mol. The fourth-order valence-electron chi connectivity index (χ4n) is 5.72. The Morgan fingerprint density at radius 2 is 1.58 bits per heavy atom. The highest BCUT2D eigenvalue weighted by atomic mass is 32.1. The van der Waals surface area contributed by atoms with Crippen molar-refractivity contribution in [2.24, 2.45) is 0 Å². The minimum atomic E-state index is -0.0762. The van der Waals surface area contributed by atoms with E-state index in [1.54, 1.807) is 0 Å². The van der Waals surface area contributed by atoms with E-state index in [4.69, 9.17) is 0 Å². The highest BCUT2D eigenvalue weighted by Gasteiger charge is 2.47. The molecule has 5 aromatic rings. The van der Waals surface area contributed by atoms with E-state index in [1.807, 2.05) is 11.3 Å². The van der Waals surface area contributed by atoms with E-state index in [0.29, 0.717) is 0 Å². The molecule has 1 aliphatic carbocycles. The van der Waals surface area contributed by atoms with Crippen LogP contribution < -0.4 is 4.90 Å². The maximum absolute atomic E-state index is 2.55. The lowest BCUT2D eigenvalue weighted by molar-refractivity contribution is 0.554. The normalized spacial score (nSPS) is 21.0. The van der Waals surface area contributed by atoms with Gasteiger partial charge in [0.1, 0.15) is 0 Å². The highest BCUT2D eigenvalue weighted by molar-refractivity contribution is 7.26. The highest BCUT2D eigenvalue weighted by Crippen LogP contribution is 2.55. The first kappa shape index (κ1) is 18.9. The summed E-state index contributed by atoms with van der Waals surface area (Å²) in [6.07, 6.45) is 9.19. The Labute approximate surface area is 197 Å². The van der Waals surface area contributed by atoms with Crippen molar-refractivity contribution in [3.05, 3.63) is 121 Å². The first-order valence-electron chi connectivity index (χ1n) is 11.5. The van der Waals surface area contributed by atoms with Crippen LogP contribution in [-0.4, -0.2) is 6.04 Å². The predicted molar refractivity (Wildman–Crippen MR) is 143 cm³/mol. The maximum Gasteiger partial charge on any atom is 0.0655 e. The zero-order valence-corrected chi connectivity index (χ0v) is 19.2. The van der Waals surface area contributed by atoms with Gasteiger partial charge >= 0.3 is 0 Å². The average molecular weight is 442 g/mol. The van der Waals surface area contributed by atoms with Crippen LogP contribution in [-0.2, 0) is 5.41 Å². The topological polar surface area (TPSA) is 3.24 Å². The lowest BCUT2D eigenvalue weighted by Gasteiger charge is -2.34. The molecule has 2 heteroatoms. The Morgan fingerprint density at radius 3 is 2.48 bits per heavy atom. The molecule has 2 unspecified atom stereocenters. The summed E-state index contributed by atoms with van der Waals surface area (Å²) in [5.74, 6) is 0. The van der Waals surface area contributed by atoms with Gasteiger partial charge in [-0.3, -0.25) is 0 Å². The second-order valence-electron chi connectivity index (χ2n) is 9.19. The molecule has 2 heterocycles. The van der Waals surface area contributed by atoms with E-state index in [9.17, 15) is 0 Å². The Morgan fingerprint density at radius 1 is 0.758 bits per heavy atom. The van der Waals surface area contributed by atoms with Gasteiger partial charge < -0.3 is 4.90 Å². The molecule has 33 heavy (non-hydrogen) atoms. The first-order valence-corrected chi connectivity index (χ1v) is 12.3. The van der Waals surface area contributed by atoms with Gasteiger partial charge in [0, 0.05) is 42.5 Å². The predicted octanol–water partition coefficient (Wildman–Crippen LogP) is 8.63. The molecule has 4 aromatic carbocycles. The van der Waals surface area contributed by atoms with Gasteiger partial charge in [-0.2, -0.15) is 0 Å². The standard InChI is InChI=1S/C31H23NS/c1-31-19-8-7-16-28(31)32(23-13-9-12-22(20-23)21-10-3-2-4-11-21)26-18-17-25-24-14-5-6-15-27(24)33-30(25)29(26)31/h2-20,28H,1H3. The van der Waals surface area contributed by atoms with E-state index in [2.05, 4.69) is 127 Å². The summed E-state index contributed by atoms with van der Waals surface area (Å²) < 4.78 is 2.78. The molecule has 1 aliphatic heterocycles. The van der Waals surface area contributed by atoms with Crippen molar-refractivity contribution in [3.8, 4) is 11.1 Å². The molecule has 7 rings (SSSR count). The molecule has 0 amide bonds. The number of hydrogen-bond acceptors (Lipinski definition) is 2. The number of thiophene rings is 1. The summed E-state index contributed by atoms with van der Waals surface area (Å²) in [6, 6.07) is 33.4. The molecule has 0 fully saturated rings. The van der Waals surface area contributed by atoms with E-state index < -0.39 is 0 Å². The quantitative estimate of drug-likeness (QED) is 0.265. The van der Waals surface area contributed by atoms with Gasteiger partial charge in [-0.15, -0.1) is 11.3 Å². The van der Waals surface area contributed by atoms with Crippen LogP contribution in [0.5, 0.6) is 0 Å². The maximum atomic E-state index is 2.55. The summed E-state index contributed by atoms with van der Waals surface area (Å²) in [6.45, 7) is 2.40. The van der Waals surface area contributed by atoms with Crippen molar-refractivity contribution in [2.45, 2.75) is 18.4 Å². The minimum absolute atomic E-state index is 0.0762. The van der Waals surface area contributed by atoms with Crippen LogP contribution in [0.4, 0.5) is 11.4 Å². The Hall–Kier alpha value is -3.62. The third-order valence-corrected chi connectivity index (χ3v) is 8.50. The van der Waals surface area contributed by atoms with Crippen molar-refractivity contribution in [2.75, 3.05) is 4.90 Å². The summed E-state index contributed by atoms with van der Waals surface area (Å²) in [5, 5.41) is 2.73. The van der Waals surface area contributed by atoms with Crippen LogP contribution in [0.1, 0.15) is 12.5 Å². The second kappa shape index (κ2) is 6.94. The third kappa shape index (κ3) is 2.65. The zero-order chi connectivity index (χ0) is 22.0. The average Bonchev–Trinajstić information content (AvgIpc) is 3.37. The van der Waals surface area contributed by atoms with Crippen LogP contribution in [0, 0.1) is 0 Å². The van der Waals surface area contributed by atoms with Gasteiger partial charge in [-0.1, -0.05) is 91.0 Å². The van der Waals surface area contributed by atoms with E-state index >= 15 is 0 Å². The summed E-state index contributed by atoms with van der Waals surface area (Å²) >= 11 is 1.93. The van der Waals surface area contributed by atoms with Gasteiger partial charge in [-0.05, 0) is 42.3 Å². The van der Waals surface area contributed by atoms with Gasteiger partial charge in [-0.25, -0.2) is 0 Å². The lowest BCUT2D eigenvalue weighted by atomic mass is 9.76. The van der Waals surface area contributed by atoms with Gasteiger partial charge in [0.2, 0.25) is 0 Å². The largest absolute Gasteiger partial charge is 0.333 e. The summed E-state index contributed by atoms with van der Waals surface area (Å²) in [4.78, 5) is 2.55. The Balaban J connectivity index is 1.49. The van der Waals surface area contributed by atoms with Gasteiger partial charge in [0.15, 0.2) is 0 Å². The lowest BCUT2D eigenvalue weighted by Crippen LogP contribution is -2.39. The van der Waals surface area contributed by atoms with E-state index in [1.165, 1.54) is 48.2 Å². The fourth-order valence-corrected chi connectivity index (χ4v) is 7.09. The van der Waals surface area contributed by atoms with Gasteiger partial charge in [0.25, 0.3) is 0 Å². The van der Waals surface area contributed by atoms with Crippen molar-refractivity contribution in [3.63, 3.8) is 0 Å². The molecular formula is C31H23NS. The molecule has 0 spiro atoms. The van der Waals surface area contributed by atoms with Crippen LogP contribution in [0.3, 0.4) is 0 Å². The van der Waals surface area contributed by atoms with Crippen LogP contribution >= 0.6 is 11.3 Å². The van der Waals surface area contributed by atoms with Gasteiger partial charge in [0.05, 0.1) is 6.04 Å². The minimum Gasteiger partial charge on any atom is -0.333 e. The molecule has 2 atom stereocenters. The molecule has 2 aliphatic rings. The number of allylic oxidation sites excluding steroid dienone is 2. The number of anilines is 2. The Bertz CT molecular complexity index is 1590. The monoisotopic (exact) mass is 441 g/mol. The van der Waals surface area contributed by atoms with Crippen molar-refractivity contribution >= 4 is 42.9 Å².